The van der Waals surface area contributed by atoms with E-state index in [-0.39, 0.29) is 11.3 Å². The third kappa shape index (κ3) is 4.01. The maximum Gasteiger partial charge on any atom is 0.409 e. The first kappa shape index (κ1) is 24.9. The molecule has 4 nitrogen and oxygen atoms in total. The summed E-state index contributed by atoms with van der Waals surface area (Å²) in [4.78, 5) is 12.9. The Balaban J connectivity index is 1.56. The van der Waals surface area contributed by atoms with Crippen molar-refractivity contribution in [3.05, 3.63) is 81.1 Å². The zero-order valence-electron chi connectivity index (χ0n) is 18.2. The molecule has 0 bridgehead atoms. The average molecular weight is 552 g/mol. The van der Waals surface area contributed by atoms with Gasteiger partial charge in [0, 0.05) is 17.5 Å². The highest BCUT2D eigenvalue weighted by atomic mass is 35.5. The highest BCUT2D eigenvalue weighted by Gasteiger charge is 2.60. The van der Waals surface area contributed by atoms with E-state index in [1.165, 1.54) is 6.07 Å². The summed E-state index contributed by atoms with van der Waals surface area (Å²) in [6.07, 6.45) is -4.18. The molecule has 1 amide bonds. The van der Waals surface area contributed by atoms with E-state index in [4.69, 9.17) is 23.2 Å². The molecule has 1 aliphatic heterocycles. The third-order valence-electron chi connectivity index (χ3n) is 6.43. The van der Waals surface area contributed by atoms with Crippen molar-refractivity contribution in [2.75, 3.05) is 0 Å². The summed E-state index contributed by atoms with van der Waals surface area (Å²) < 4.78 is 59.0. The van der Waals surface area contributed by atoms with E-state index >= 15 is 0 Å². The monoisotopic (exact) mass is 551 g/mol. The molecule has 1 unspecified atom stereocenters. The van der Waals surface area contributed by atoms with Crippen molar-refractivity contribution in [2.45, 2.75) is 35.7 Å². The molecule has 1 N–H and O–H groups in total. The van der Waals surface area contributed by atoms with Gasteiger partial charge in [0.05, 0.1) is 21.8 Å². The van der Waals surface area contributed by atoms with E-state index < -0.39 is 44.7 Å². The Hall–Kier alpha value is -2.80. The predicted molar refractivity (Wildman–Crippen MR) is 132 cm³/mol. The van der Waals surface area contributed by atoms with Gasteiger partial charge in [0.1, 0.15) is 5.54 Å². The molecule has 1 saturated carbocycles. The van der Waals surface area contributed by atoms with Gasteiger partial charge in [-0.3, -0.25) is 4.79 Å². The molecule has 2 aliphatic rings. The number of nitrogens with zero attached hydrogens (tertiary/aromatic N) is 2. The molecule has 5 rings (SSSR count). The van der Waals surface area contributed by atoms with Gasteiger partial charge in [-0.1, -0.05) is 53.5 Å². The molecule has 0 saturated heterocycles. The van der Waals surface area contributed by atoms with Crippen LogP contribution in [0.4, 0.5) is 17.6 Å². The molecule has 36 heavy (non-hydrogen) atoms. The maximum atomic E-state index is 14.5. The molecule has 1 heterocycles. The van der Waals surface area contributed by atoms with Gasteiger partial charge >= 0.3 is 6.18 Å². The fraction of sp³-hybridized carbons (Fsp3) is 0.240. The topological polar surface area (TPSA) is 65.2 Å². The molecule has 3 aromatic carbocycles. The highest BCUT2D eigenvalue weighted by molar-refractivity contribution is 7.99. The summed E-state index contributed by atoms with van der Waals surface area (Å²) in [6, 6.07) is 13.9. The van der Waals surface area contributed by atoms with Crippen LogP contribution in [0.2, 0.25) is 10.0 Å². The van der Waals surface area contributed by atoms with Crippen molar-refractivity contribution >= 4 is 57.5 Å². The minimum Gasteiger partial charge on any atom is -0.334 e. The number of benzene rings is 3. The first-order valence-corrected chi connectivity index (χ1v) is 12.3. The van der Waals surface area contributed by atoms with Crippen LogP contribution in [0.25, 0.3) is 10.8 Å². The molecule has 11 heteroatoms. The molecule has 184 valence electrons. The predicted octanol–water partition coefficient (Wildman–Crippen LogP) is 7.37. The first-order valence-electron chi connectivity index (χ1n) is 10.7. The number of carbonyl (C=O) groups excluding carboxylic acids is 1. The summed E-state index contributed by atoms with van der Waals surface area (Å²) in [5.41, 5.74) is -0.273. The van der Waals surface area contributed by atoms with Gasteiger partial charge in [-0.25, -0.2) is 8.79 Å². The van der Waals surface area contributed by atoms with Gasteiger partial charge in [-0.05, 0) is 59.3 Å². The number of nitrogens with one attached hydrogen (secondary N) is 1. The number of nitriles is 1. The summed E-state index contributed by atoms with van der Waals surface area (Å²) in [5.74, 6) is -1.42. The molecular weight excluding hydrogens is 537 g/mol. The smallest absolute Gasteiger partial charge is 0.334 e. The molecule has 0 spiro atoms. The van der Waals surface area contributed by atoms with E-state index in [0.717, 1.165) is 12.1 Å². The van der Waals surface area contributed by atoms with E-state index in [1.54, 1.807) is 30.3 Å². The fourth-order valence-electron chi connectivity index (χ4n) is 4.26. The lowest BCUT2D eigenvalue weighted by molar-refractivity contribution is -0.159. The van der Waals surface area contributed by atoms with Crippen molar-refractivity contribution < 1.29 is 22.4 Å². The lowest BCUT2D eigenvalue weighted by Gasteiger charge is -2.30. The zero-order valence-corrected chi connectivity index (χ0v) is 20.5. The minimum atomic E-state index is -4.76. The number of hydrogen-bond acceptors (Lipinski definition) is 4. The number of hydrogen-bond donors (Lipinski definition) is 1. The number of fused-ring (bicyclic) bond motifs is 1. The second kappa shape index (κ2) is 8.65. The number of rotatable bonds is 4. The van der Waals surface area contributed by atoms with Crippen molar-refractivity contribution in [3.63, 3.8) is 0 Å². The van der Waals surface area contributed by atoms with Gasteiger partial charge in [-0.2, -0.15) is 18.4 Å². The summed E-state index contributed by atoms with van der Waals surface area (Å²) >= 11 is 12.0. The van der Waals surface area contributed by atoms with Crippen LogP contribution in [0.1, 0.15) is 40.7 Å². The Morgan fingerprint density at radius 2 is 1.72 bits per heavy atom. The van der Waals surface area contributed by atoms with Crippen molar-refractivity contribution in [1.82, 2.24) is 5.32 Å². The van der Waals surface area contributed by atoms with Gasteiger partial charge in [0.25, 0.3) is 5.91 Å². The summed E-state index contributed by atoms with van der Waals surface area (Å²) in [6.45, 7) is 0. The first-order chi connectivity index (χ1) is 17.0. The Morgan fingerprint density at radius 1 is 1.08 bits per heavy atom. The SMILES string of the molecule is N#CC1(NC(=O)c2ccc(C3=NSC(c4cc(Cl)c(F)c(Cl)c4)(C(F)(F)F)C3)c3ccccc23)CC1. The Kier molecular flexibility index (Phi) is 5.98. The quantitative estimate of drug-likeness (QED) is 0.209. The Labute approximate surface area is 217 Å². The number of amides is 1. The standard InChI is InChI=1S/C25H15Cl2F4N3OS/c26-18-9-13(10-19(27)21(18)28)24(25(29,30)31)11-20(34-36-24)16-5-6-17(15-4-2-1-3-14(15)16)22(35)33-23(12-32)7-8-23/h1-6,9-10H,7-8,11H2,(H,33,35). The Bertz CT molecular complexity index is 1470. The Morgan fingerprint density at radius 3 is 2.31 bits per heavy atom. The van der Waals surface area contributed by atoms with Crippen LogP contribution in [-0.4, -0.2) is 23.3 Å². The van der Waals surface area contributed by atoms with Crippen LogP contribution in [0.15, 0.2) is 52.9 Å². The van der Waals surface area contributed by atoms with Crippen LogP contribution in [-0.2, 0) is 4.75 Å². The van der Waals surface area contributed by atoms with Gasteiger partial charge in [0.2, 0.25) is 0 Å². The lowest BCUT2D eigenvalue weighted by Crippen LogP contribution is -2.38. The lowest BCUT2D eigenvalue weighted by atomic mass is 9.87. The van der Waals surface area contributed by atoms with Crippen molar-refractivity contribution in [2.24, 2.45) is 4.40 Å². The average Bonchev–Trinajstić information content (AvgIpc) is 3.46. The van der Waals surface area contributed by atoms with Crippen LogP contribution in [0.5, 0.6) is 0 Å². The second-order valence-electron chi connectivity index (χ2n) is 8.74. The molecular formula is C25H15Cl2F4N3OS. The van der Waals surface area contributed by atoms with Crippen molar-refractivity contribution in [1.29, 1.82) is 5.26 Å². The minimum absolute atomic E-state index is 0.160. The number of alkyl halides is 3. The van der Waals surface area contributed by atoms with Crippen LogP contribution in [0.3, 0.4) is 0 Å². The molecule has 0 aromatic heterocycles. The van der Waals surface area contributed by atoms with E-state index in [1.807, 2.05) is 0 Å². The third-order valence-corrected chi connectivity index (χ3v) is 8.22. The van der Waals surface area contributed by atoms with Crippen LogP contribution < -0.4 is 5.32 Å². The molecule has 1 aliphatic carbocycles. The van der Waals surface area contributed by atoms with E-state index in [2.05, 4.69) is 15.8 Å². The normalized spacial score (nSPS) is 20.6. The number of halogens is 6. The largest absolute Gasteiger partial charge is 0.409 e. The molecule has 0 radical (unpaired) electrons. The molecule has 3 aromatic rings. The van der Waals surface area contributed by atoms with Crippen LogP contribution in [0, 0.1) is 17.1 Å². The highest BCUT2D eigenvalue weighted by Crippen LogP contribution is 2.57. The van der Waals surface area contributed by atoms with Gasteiger partial charge < -0.3 is 5.32 Å². The van der Waals surface area contributed by atoms with Crippen LogP contribution >= 0.6 is 35.1 Å². The van der Waals surface area contributed by atoms with Gasteiger partial charge in [0.15, 0.2) is 10.6 Å². The van der Waals surface area contributed by atoms with E-state index in [0.29, 0.717) is 46.7 Å². The summed E-state index contributed by atoms with van der Waals surface area (Å²) in [7, 11) is 0. The maximum absolute atomic E-state index is 14.5. The number of carbonyl (C=O) groups is 1. The fourth-order valence-corrected chi connectivity index (χ4v) is 5.70. The second-order valence-corrected chi connectivity index (χ2v) is 10.6. The molecule has 1 atom stereocenters. The molecule has 1 fully saturated rings. The summed E-state index contributed by atoms with van der Waals surface area (Å²) in [5, 5.41) is 12.1. The zero-order chi connectivity index (χ0) is 25.9. The van der Waals surface area contributed by atoms with Crippen molar-refractivity contribution in [3.8, 4) is 6.07 Å². The van der Waals surface area contributed by atoms with Gasteiger partial charge in [-0.15, -0.1) is 0 Å². The van der Waals surface area contributed by atoms with E-state index in [9.17, 15) is 27.6 Å².